The number of nitriles is 2. The summed E-state index contributed by atoms with van der Waals surface area (Å²) < 4.78 is 25.6. The van der Waals surface area contributed by atoms with E-state index < -0.39 is 28.5 Å². The number of halogens is 1. The molecule has 1 aliphatic carbocycles. The van der Waals surface area contributed by atoms with E-state index in [1.807, 2.05) is 13.8 Å². The highest BCUT2D eigenvalue weighted by molar-refractivity contribution is 6.00. The first kappa shape index (κ1) is 18.3. The molecule has 2 N–H and O–H groups in total. The summed E-state index contributed by atoms with van der Waals surface area (Å²) in [6.45, 7) is 4.43. The molecule has 1 fully saturated rings. The van der Waals surface area contributed by atoms with Crippen molar-refractivity contribution in [2.75, 3.05) is 13.2 Å². The van der Waals surface area contributed by atoms with Crippen molar-refractivity contribution in [3.05, 3.63) is 35.6 Å². The van der Waals surface area contributed by atoms with E-state index in [1.165, 1.54) is 12.1 Å². The predicted octanol–water partition coefficient (Wildman–Crippen LogP) is 2.82. The van der Waals surface area contributed by atoms with Gasteiger partial charge in [-0.05, 0) is 30.5 Å². The summed E-state index contributed by atoms with van der Waals surface area (Å²) in [7, 11) is 0. The minimum absolute atomic E-state index is 0.00279. The molecule has 0 aromatic heterocycles. The summed E-state index contributed by atoms with van der Waals surface area (Å²) in [6, 6.07) is 10.3. The van der Waals surface area contributed by atoms with E-state index in [0.717, 1.165) is 0 Å². The van der Waals surface area contributed by atoms with Crippen LogP contribution in [0.1, 0.15) is 38.2 Å². The number of hydrogen-bond donors (Lipinski definition) is 1. The summed E-state index contributed by atoms with van der Waals surface area (Å²) in [6.07, 6.45) is 1.36. The van der Waals surface area contributed by atoms with Gasteiger partial charge in [-0.3, -0.25) is 0 Å². The average molecular weight is 356 g/mol. The number of aliphatic imine (C=N–C) groups is 1. The lowest BCUT2D eigenvalue weighted by molar-refractivity contribution is -0.259. The normalized spacial score (nSPS) is 30.8. The molecule has 0 amide bonds. The number of amidine groups is 1. The Labute approximate surface area is 152 Å². The van der Waals surface area contributed by atoms with Gasteiger partial charge in [0.1, 0.15) is 17.1 Å². The highest BCUT2D eigenvalue weighted by atomic mass is 19.1. The standard InChI is InChI=1S/C19H21FN4O2/c1-3-8-25-19(26-9-4-2)18(12-22)15(13-6-5-7-14(20)10-13)17(18,11-21)16(23)24-19/h5-7,10,15H,3-4,8-9H2,1-2H3,(H2,23,24). The minimum Gasteiger partial charge on any atom is -0.386 e. The SMILES string of the molecule is CCCOC1(OCCC)N=C(N)C2(C#N)C(c3cccc(F)c3)C12C#N. The zero-order chi connectivity index (χ0) is 19.0. The molecule has 136 valence electrons. The smallest absolute Gasteiger partial charge is 0.293 e. The number of nitrogens with two attached hydrogens (primary N) is 1. The van der Waals surface area contributed by atoms with Gasteiger partial charge < -0.3 is 15.2 Å². The van der Waals surface area contributed by atoms with Crippen molar-refractivity contribution < 1.29 is 13.9 Å². The third-order valence-electron chi connectivity index (χ3n) is 5.11. The molecule has 0 saturated heterocycles. The molecule has 1 heterocycles. The molecule has 0 spiro atoms. The second-order valence-electron chi connectivity index (χ2n) is 6.60. The molecule has 1 aromatic rings. The Kier molecular flexibility index (Phi) is 4.47. The molecule has 3 unspecified atom stereocenters. The van der Waals surface area contributed by atoms with Gasteiger partial charge in [0.15, 0.2) is 5.41 Å². The van der Waals surface area contributed by atoms with Crippen molar-refractivity contribution in [3.63, 3.8) is 0 Å². The van der Waals surface area contributed by atoms with Gasteiger partial charge in [0, 0.05) is 5.92 Å². The lowest BCUT2D eigenvalue weighted by atomic mass is 9.93. The van der Waals surface area contributed by atoms with Crippen LogP contribution < -0.4 is 5.73 Å². The van der Waals surface area contributed by atoms with Crippen LogP contribution in [0.2, 0.25) is 0 Å². The van der Waals surface area contributed by atoms with Crippen LogP contribution in [0.5, 0.6) is 0 Å². The fourth-order valence-corrected chi connectivity index (χ4v) is 4.03. The van der Waals surface area contributed by atoms with Crippen molar-refractivity contribution in [2.45, 2.75) is 38.5 Å². The zero-order valence-electron chi connectivity index (χ0n) is 14.8. The summed E-state index contributed by atoms with van der Waals surface area (Å²) in [5.74, 6) is -2.78. The van der Waals surface area contributed by atoms with Crippen molar-refractivity contribution in [2.24, 2.45) is 21.6 Å². The maximum atomic E-state index is 13.8. The van der Waals surface area contributed by atoms with E-state index >= 15 is 0 Å². The molecule has 2 aliphatic rings. The van der Waals surface area contributed by atoms with Gasteiger partial charge in [-0.25, -0.2) is 9.38 Å². The fraction of sp³-hybridized carbons (Fsp3) is 0.526. The lowest BCUT2D eigenvalue weighted by Gasteiger charge is -2.32. The Morgan fingerprint density at radius 3 is 2.35 bits per heavy atom. The highest BCUT2D eigenvalue weighted by Gasteiger charge is 2.93. The van der Waals surface area contributed by atoms with Gasteiger partial charge in [-0.2, -0.15) is 10.5 Å². The summed E-state index contributed by atoms with van der Waals surface area (Å²) in [5, 5.41) is 20.1. The molecule has 26 heavy (non-hydrogen) atoms. The first-order valence-corrected chi connectivity index (χ1v) is 8.71. The monoisotopic (exact) mass is 356 g/mol. The van der Waals surface area contributed by atoms with Crippen molar-refractivity contribution >= 4 is 5.84 Å². The number of rotatable bonds is 7. The van der Waals surface area contributed by atoms with Crippen LogP contribution in [-0.4, -0.2) is 25.0 Å². The molecule has 1 aromatic carbocycles. The largest absolute Gasteiger partial charge is 0.386 e. The molecule has 3 rings (SSSR count). The second-order valence-corrected chi connectivity index (χ2v) is 6.60. The van der Waals surface area contributed by atoms with Crippen LogP contribution in [0.3, 0.4) is 0 Å². The number of hydrogen-bond acceptors (Lipinski definition) is 6. The maximum absolute atomic E-state index is 13.8. The van der Waals surface area contributed by atoms with Crippen molar-refractivity contribution in [1.29, 1.82) is 10.5 Å². The average Bonchev–Trinajstić information content (AvgIpc) is 3.23. The van der Waals surface area contributed by atoms with Crippen LogP contribution in [0.15, 0.2) is 29.3 Å². The van der Waals surface area contributed by atoms with E-state index in [1.54, 1.807) is 12.1 Å². The van der Waals surface area contributed by atoms with Crippen LogP contribution in [-0.2, 0) is 9.47 Å². The van der Waals surface area contributed by atoms with Gasteiger partial charge >= 0.3 is 0 Å². The second kappa shape index (κ2) is 6.35. The summed E-state index contributed by atoms with van der Waals surface area (Å²) in [5.41, 5.74) is 3.80. The Morgan fingerprint density at radius 1 is 1.19 bits per heavy atom. The van der Waals surface area contributed by atoms with Crippen molar-refractivity contribution in [1.82, 2.24) is 0 Å². The molecule has 0 radical (unpaired) electrons. The first-order chi connectivity index (χ1) is 12.5. The molecule has 6 nitrogen and oxygen atoms in total. The topological polar surface area (TPSA) is 104 Å². The Bertz CT molecular complexity index is 820. The molecule has 7 heteroatoms. The molecular formula is C19H21FN4O2. The predicted molar refractivity (Wildman–Crippen MR) is 92.1 cm³/mol. The van der Waals surface area contributed by atoms with E-state index in [9.17, 15) is 14.9 Å². The number of nitrogens with zero attached hydrogens (tertiary/aromatic N) is 3. The first-order valence-electron chi connectivity index (χ1n) is 8.71. The van der Waals surface area contributed by atoms with Gasteiger partial charge in [0.25, 0.3) is 5.91 Å². The van der Waals surface area contributed by atoms with Crippen molar-refractivity contribution in [3.8, 4) is 12.1 Å². The Morgan fingerprint density at radius 2 is 1.85 bits per heavy atom. The van der Waals surface area contributed by atoms with E-state index in [-0.39, 0.29) is 5.84 Å². The fourth-order valence-electron chi connectivity index (χ4n) is 4.03. The van der Waals surface area contributed by atoms with Gasteiger partial charge in [-0.1, -0.05) is 26.0 Å². The Balaban J connectivity index is 2.17. The van der Waals surface area contributed by atoms with Crippen LogP contribution in [0.4, 0.5) is 4.39 Å². The molecule has 0 bridgehead atoms. The van der Waals surface area contributed by atoms with E-state index in [0.29, 0.717) is 31.6 Å². The summed E-state index contributed by atoms with van der Waals surface area (Å²) >= 11 is 0. The van der Waals surface area contributed by atoms with Crippen LogP contribution in [0.25, 0.3) is 0 Å². The number of ether oxygens (including phenoxy) is 2. The molecule has 1 aliphatic heterocycles. The Hall–Kier alpha value is -2.48. The molecule has 3 atom stereocenters. The van der Waals surface area contributed by atoms with E-state index in [2.05, 4.69) is 17.1 Å². The quantitative estimate of drug-likeness (QED) is 0.756. The molecule has 1 saturated carbocycles. The summed E-state index contributed by atoms with van der Waals surface area (Å²) in [4.78, 5) is 4.32. The number of benzene rings is 1. The highest BCUT2D eigenvalue weighted by Crippen LogP contribution is 2.82. The third-order valence-corrected chi connectivity index (χ3v) is 5.11. The maximum Gasteiger partial charge on any atom is 0.293 e. The molecular weight excluding hydrogens is 335 g/mol. The third kappa shape index (κ3) is 2.05. The zero-order valence-corrected chi connectivity index (χ0v) is 14.8. The number of fused-ring (bicyclic) bond motifs is 1. The van der Waals surface area contributed by atoms with E-state index in [4.69, 9.17) is 15.2 Å². The van der Waals surface area contributed by atoms with Crippen LogP contribution >= 0.6 is 0 Å². The van der Waals surface area contributed by atoms with Crippen LogP contribution in [0, 0.1) is 39.3 Å². The lowest BCUT2D eigenvalue weighted by Crippen LogP contribution is -2.44. The minimum atomic E-state index is -1.66. The van der Waals surface area contributed by atoms with Gasteiger partial charge in [-0.15, -0.1) is 0 Å². The van der Waals surface area contributed by atoms with Gasteiger partial charge in [0.2, 0.25) is 0 Å². The van der Waals surface area contributed by atoms with Gasteiger partial charge in [0.05, 0.1) is 25.4 Å².